The summed E-state index contributed by atoms with van der Waals surface area (Å²) in [5.41, 5.74) is 2.05. The summed E-state index contributed by atoms with van der Waals surface area (Å²) in [4.78, 5) is 23.3. The standard InChI is InChI=1S/C16H18ClN5O2/c17-15-4-3-14(9-19-15)11-21-7-6-20(16(21)12-22(23)24)10-13-2-1-5-18-8-13/h1-5,8-9,16H,6-7,10-12H2. The number of hydrogen-bond donors (Lipinski definition) is 0. The number of rotatable bonds is 6. The number of halogens is 1. The second-order valence-corrected chi connectivity index (χ2v) is 6.17. The molecule has 0 spiro atoms. The Morgan fingerprint density at radius 1 is 1.17 bits per heavy atom. The van der Waals surface area contributed by atoms with Crippen molar-refractivity contribution < 1.29 is 4.92 Å². The zero-order valence-electron chi connectivity index (χ0n) is 13.1. The van der Waals surface area contributed by atoms with E-state index >= 15 is 0 Å². The van der Waals surface area contributed by atoms with Gasteiger partial charge in [0.25, 0.3) is 0 Å². The molecule has 1 atom stereocenters. The van der Waals surface area contributed by atoms with Crippen LogP contribution >= 0.6 is 11.6 Å². The fraction of sp³-hybridized carbons (Fsp3) is 0.375. The molecule has 24 heavy (non-hydrogen) atoms. The van der Waals surface area contributed by atoms with E-state index in [1.807, 2.05) is 18.2 Å². The highest BCUT2D eigenvalue weighted by atomic mass is 35.5. The van der Waals surface area contributed by atoms with Crippen LogP contribution < -0.4 is 0 Å². The van der Waals surface area contributed by atoms with Gasteiger partial charge in [-0.3, -0.25) is 24.9 Å². The third-order valence-corrected chi connectivity index (χ3v) is 4.34. The summed E-state index contributed by atoms with van der Waals surface area (Å²) in [7, 11) is 0. The Kier molecular flexibility index (Phi) is 5.34. The summed E-state index contributed by atoms with van der Waals surface area (Å²) < 4.78 is 0. The summed E-state index contributed by atoms with van der Waals surface area (Å²) >= 11 is 5.81. The Morgan fingerprint density at radius 2 is 1.88 bits per heavy atom. The minimum Gasteiger partial charge on any atom is -0.277 e. The molecule has 7 nitrogen and oxygen atoms in total. The number of nitro groups is 1. The van der Waals surface area contributed by atoms with Crippen LogP contribution in [0.15, 0.2) is 42.9 Å². The van der Waals surface area contributed by atoms with Gasteiger partial charge in [0.05, 0.1) is 0 Å². The van der Waals surface area contributed by atoms with E-state index in [9.17, 15) is 10.1 Å². The van der Waals surface area contributed by atoms with Gasteiger partial charge >= 0.3 is 0 Å². The van der Waals surface area contributed by atoms with Gasteiger partial charge in [-0.15, -0.1) is 0 Å². The van der Waals surface area contributed by atoms with Crippen LogP contribution in [0.4, 0.5) is 0 Å². The molecule has 0 radical (unpaired) electrons. The largest absolute Gasteiger partial charge is 0.277 e. The molecule has 2 aromatic heterocycles. The van der Waals surface area contributed by atoms with Crippen molar-refractivity contribution in [2.24, 2.45) is 0 Å². The molecule has 3 heterocycles. The van der Waals surface area contributed by atoms with E-state index in [0.717, 1.165) is 24.2 Å². The number of pyridine rings is 2. The minimum atomic E-state index is -0.251. The van der Waals surface area contributed by atoms with Crippen LogP contribution in [0.5, 0.6) is 0 Å². The molecule has 1 saturated heterocycles. The van der Waals surface area contributed by atoms with Crippen molar-refractivity contribution in [2.75, 3.05) is 19.6 Å². The van der Waals surface area contributed by atoms with Crippen molar-refractivity contribution in [3.05, 3.63) is 69.3 Å². The van der Waals surface area contributed by atoms with E-state index in [-0.39, 0.29) is 17.6 Å². The fourth-order valence-corrected chi connectivity index (χ4v) is 3.09. The van der Waals surface area contributed by atoms with Gasteiger partial charge in [0.15, 0.2) is 0 Å². The van der Waals surface area contributed by atoms with Gasteiger partial charge in [-0.1, -0.05) is 23.7 Å². The maximum absolute atomic E-state index is 11.1. The molecule has 1 aliphatic rings. The van der Waals surface area contributed by atoms with E-state index < -0.39 is 0 Å². The van der Waals surface area contributed by atoms with E-state index in [2.05, 4.69) is 19.8 Å². The lowest BCUT2D eigenvalue weighted by molar-refractivity contribution is -0.490. The Morgan fingerprint density at radius 3 is 2.42 bits per heavy atom. The number of aromatic nitrogens is 2. The molecule has 126 valence electrons. The van der Waals surface area contributed by atoms with Crippen molar-refractivity contribution in [3.8, 4) is 0 Å². The normalized spacial score (nSPS) is 18.8. The van der Waals surface area contributed by atoms with Gasteiger partial charge in [-0.05, 0) is 23.3 Å². The third-order valence-electron chi connectivity index (χ3n) is 4.11. The maximum atomic E-state index is 11.1. The lowest BCUT2D eigenvalue weighted by Gasteiger charge is -2.27. The van der Waals surface area contributed by atoms with Crippen molar-refractivity contribution in [2.45, 2.75) is 19.3 Å². The number of nitrogens with zero attached hydrogens (tertiary/aromatic N) is 5. The molecule has 0 aliphatic carbocycles. The van der Waals surface area contributed by atoms with Crippen LogP contribution in [0.1, 0.15) is 11.1 Å². The lowest BCUT2D eigenvalue weighted by atomic mass is 10.2. The average molecular weight is 348 g/mol. The first kappa shape index (κ1) is 16.8. The molecule has 1 unspecified atom stereocenters. The van der Waals surface area contributed by atoms with E-state index in [1.165, 1.54) is 0 Å². The first-order chi connectivity index (χ1) is 11.6. The zero-order chi connectivity index (χ0) is 16.9. The fourth-order valence-electron chi connectivity index (χ4n) is 2.98. The quantitative estimate of drug-likeness (QED) is 0.452. The van der Waals surface area contributed by atoms with Crippen LogP contribution in [0, 0.1) is 10.1 Å². The Balaban J connectivity index is 1.71. The van der Waals surface area contributed by atoms with Crippen molar-refractivity contribution >= 4 is 11.6 Å². The van der Waals surface area contributed by atoms with Crippen LogP contribution in [0.25, 0.3) is 0 Å². The predicted molar refractivity (Wildman–Crippen MR) is 90.0 cm³/mol. The zero-order valence-corrected chi connectivity index (χ0v) is 13.8. The molecule has 8 heteroatoms. The predicted octanol–water partition coefficient (Wildman–Crippen LogP) is 2.05. The van der Waals surface area contributed by atoms with E-state index in [1.54, 1.807) is 24.7 Å². The smallest absolute Gasteiger partial charge is 0.232 e. The van der Waals surface area contributed by atoms with Crippen LogP contribution in [-0.4, -0.2) is 50.5 Å². The SMILES string of the molecule is O=[N+]([O-])CC1N(Cc2cccnc2)CCN1Cc1ccc(Cl)nc1. The summed E-state index contributed by atoms with van der Waals surface area (Å²) in [5, 5.41) is 11.6. The molecule has 0 aromatic carbocycles. The van der Waals surface area contributed by atoms with Crippen LogP contribution in [0.3, 0.4) is 0 Å². The van der Waals surface area contributed by atoms with Crippen LogP contribution in [0.2, 0.25) is 5.15 Å². The van der Waals surface area contributed by atoms with Gasteiger partial charge in [-0.25, -0.2) is 4.98 Å². The minimum absolute atomic E-state index is 0.110. The highest BCUT2D eigenvalue weighted by Crippen LogP contribution is 2.20. The van der Waals surface area contributed by atoms with Gasteiger partial charge in [0.2, 0.25) is 6.54 Å². The molecule has 1 fully saturated rings. The highest BCUT2D eigenvalue weighted by molar-refractivity contribution is 6.29. The van der Waals surface area contributed by atoms with Crippen molar-refractivity contribution in [1.29, 1.82) is 0 Å². The molecular formula is C16H18ClN5O2. The van der Waals surface area contributed by atoms with E-state index in [4.69, 9.17) is 11.6 Å². The van der Waals surface area contributed by atoms with E-state index in [0.29, 0.717) is 18.2 Å². The van der Waals surface area contributed by atoms with Gasteiger partial charge in [-0.2, -0.15) is 0 Å². The maximum Gasteiger partial charge on any atom is 0.232 e. The summed E-state index contributed by atoms with van der Waals surface area (Å²) in [6, 6.07) is 7.51. The molecule has 0 saturated carbocycles. The molecule has 1 aliphatic heterocycles. The molecule has 2 aromatic rings. The summed E-state index contributed by atoms with van der Waals surface area (Å²) in [6.45, 7) is 2.73. The Hall–Kier alpha value is -2.09. The number of hydrogen-bond acceptors (Lipinski definition) is 6. The molecule has 3 rings (SSSR count). The van der Waals surface area contributed by atoms with Gasteiger partial charge in [0.1, 0.15) is 11.3 Å². The average Bonchev–Trinajstić information content (AvgIpc) is 2.92. The summed E-state index contributed by atoms with van der Waals surface area (Å²) in [6.07, 6.45) is 5.00. The van der Waals surface area contributed by atoms with Gasteiger partial charge in [0, 0.05) is 49.7 Å². The Bertz CT molecular complexity index is 683. The summed E-state index contributed by atoms with van der Waals surface area (Å²) in [5.74, 6) is 0. The lowest BCUT2D eigenvalue weighted by Crippen LogP contribution is -2.43. The monoisotopic (exact) mass is 347 g/mol. The van der Waals surface area contributed by atoms with Gasteiger partial charge < -0.3 is 0 Å². The second-order valence-electron chi connectivity index (χ2n) is 5.79. The topological polar surface area (TPSA) is 75.4 Å². The second kappa shape index (κ2) is 7.65. The molecule has 0 N–H and O–H groups in total. The van der Waals surface area contributed by atoms with Crippen molar-refractivity contribution in [3.63, 3.8) is 0 Å². The molecule has 0 amide bonds. The van der Waals surface area contributed by atoms with Crippen molar-refractivity contribution in [1.82, 2.24) is 19.8 Å². The third kappa shape index (κ3) is 4.25. The highest BCUT2D eigenvalue weighted by Gasteiger charge is 2.35. The van der Waals surface area contributed by atoms with Crippen LogP contribution in [-0.2, 0) is 13.1 Å². The Labute approximate surface area is 145 Å². The molecular weight excluding hydrogens is 330 g/mol. The first-order valence-corrected chi connectivity index (χ1v) is 8.09. The molecule has 0 bridgehead atoms. The first-order valence-electron chi connectivity index (χ1n) is 7.71.